The lowest BCUT2D eigenvalue weighted by molar-refractivity contribution is 0.238. The molecule has 0 amide bonds. The van der Waals surface area contributed by atoms with Gasteiger partial charge in [0.15, 0.2) is 0 Å². The van der Waals surface area contributed by atoms with Gasteiger partial charge in [0, 0.05) is 45.5 Å². The second-order valence-electron chi connectivity index (χ2n) is 4.56. The van der Waals surface area contributed by atoms with Crippen molar-refractivity contribution >= 4 is 27.3 Å². The molecule has 1 atom stereocenters. The van der Waals surface area contributed by atoms with Crippen LogP contribution in [0.2, 0.25) is 0 Å². The molecule has 1 unspecified atom stereocenters. The Morgan fingerprint density at radius 2 is 2.10 bits per heavy atom. The molecule has 1 heterocycles. The summed E-state index contributed by atoms with van der Waals surface area (Å²) < 4.78 is 27.9. The van der Waals surface area contributed by atoms with Gasteiger partial charge in [0.25, 0.3) is 0 Å². The Kier molecular flexibility index (Phi) is 5.26. The first kappa shape index (κ1) is 15.6. The van der Waals surface area contributed by atoms with Crippen LogP contribution in [0.25, 0.3) is 0 Å². The van der Waals surface area contributed by atoms with Crippen LogP contribution in [0.1, 0.15) is 16.5 Å². The molecule has 0 aliphatic heterocycles. The molecule has 1 aromatic carbocycles. The normalized spacial score (nSPS) is 12.9. The van der Waals surface area contributed by atoms with Gasteiger partial charge in [-0.15, -0.1) is 11.3 Å². The standard InChI is InChI=1S/C14H15BrF2N2S/c1-19(7-11-4-9(15)8-20-11)14(6-18)12-3-2-10(16)5-13(12)17/h2-5,8,14H,6-7,18H2,1H3. The molecule has 2 N–H and O–H groups in total. The number of rotatable bonds is 5. The van der Waals surface area contributed by atoms with Crippen LogP contribution >= 0.6 is 27.3 Å². The largest absolute Gasteiger partial charge is 0.329 e. The van der Waals surface area contributed by atoms with Crippen LogP contribution in [0.3, 0.4) is 0 Å². The smallest absolute Gasteiger partial charge is 0.130 e. The molecular weight excluding hydrogens is 346 g/mol. The van der Waals surface area contributed by atoms with Crippen LogP contribution in [0.15, 0.2) is 34.1 Å². The summed E-state index contributed by atoms with van der Waals surface area (Å²) in [6.07, 6.45) is 0. The number of halogens is 3. The molecule has 0 saturated carbocycles. The van der Waals surface area contributed by atoms with Gasteiger partial charge in [0.05, 0.1) is 0 Å². The van der Waals surface area contributed by atoms with Gasteiger partial charge in [0.1, 0.15) is 11.6 Å². The van der Waals surface area contributed by atoms with Crippen LogP contribution in [0, 0.1) is 11.6 Å². The summed E-state index contributed by atoms with van der Waals surface area (Å²) in [7, 11) is 1.88. The second kappa shape index (κ2) is 6.76. The monoisotopic (exact) mass is 360 g/mol. The Balaban J connectivity index is 2.18. The molecular formula is C14H15BrF2N2S. The van der Waals surface area contributed by atoms with E-state index in [0.717, 1.165) is 15.4 Å². The molecule has 0 aliphatic rings. The third-order valence-electron chi connectivity index (χ3n) is 3.10. The number of nitrogens with two attached hydrogens (primary N) is 1. The lowest BCUT2D eigenvalue weighted by Gasteiger charge is -2.27. The van der Waals surface area contributed by atoms with Gasteiger partial charge in [-0.05, 0) is 35.1 Å². The first-order valence-corrected chi connectivity index (χ1v) is 7.76. The van der Waals surface area contributed by atoms with Crippen molar-refractivity contribution in [2.75, 3.05) is 13.6 Å². The van der Waals surface area contributed by atoms with Crippen LogP contribution in [-0.4, -0.2) is 18.5 Å². The van der Waals surface area contributed by atoms with Crippen LogP contribution in [-0.2, 0) is 6.54 Å². The number of likely N-dealkylation sites (N-methyl/N-ethyl adjacent to an activating group) is 1. The molecule has 2 rings (SSSR count). The summed E-state index contributed by atoms with van der Waals surface area (Å²) >= 11 is 5.03. The summed E-state index contributed by atoms with van der Waals surface area (Å²) in [5.74, 6) is -1.13. The van der Waals surface area contributed by atoms with Crippen molar-refractivity contribution in [2.45, 2.75) is 12.6 Å². The van der Waals surface area contributed by atoms with Crippen LogP contribution in [0.4, 0.5) is 8.78 Å². The van der Waals surface area contributed by atoms with Gasteiger partial charge < -0.3 is 5.73 Å². The average molecular weight is 361 g/mol. The maximum absolute atomic E-state index is 13.9. The molecule has 2 nitrogen and oxygen atoms in total. The van der Waals surface area contributed by atoms with Gasteiger partial charge in [-0.2, -0.15) is 0 Å². The number of hydrogen-bond acceptors (Lipinski definition) is 3. The van der Waals surface area contributed by atoms with Gasteiger partial charge in [-0.3, -0.25) is 4.90 Å². The molecule has 0 spiro atoms. The second-order valence-corrected chi connectivity index (χ2v) is 6.48. The van der Waals surface area contributed by atoms with E-state index in [2.05, 4.69) is 15.9 Å². The van der Waals surface area contributed by atoms with E-state index in [1.807, 2.05) is 23.4 Å². The summed E-state index contributed by atoms with van der Waals surface area (Å²) in [6, 6.07) is 5.36. The van der Waals surface area contributed by atoms with Gasteiger partial charge in [-0.1, -0.05) is 6.07 Å². The van der Waals surface area contributed by atoms with E-state index in [0.29, 0.717) is 12.1 Å². The van der Waals surface area contributed by atoms with Crippen molar-refractivity contribution in [2.24, 2.45) is 5.73 Å². The van der Waals surface area contributed by atoms with Crippen molar-refractivity contribution in [3.63, 3.8) is 0 Å². The Bertz CT molecular complexity index is 588. The highest BCUT2D eigenvalue weighted by Gasteiger charge is 2.20. The molecule has 6 heteroatoms. The van der Waals surface area contributed by atoms with Gasteiger partial charge in [0.2, 0.25) is 0 Å². The first-order valence-electron chi connectivity index (χ1n) is 6.09. The number of thiophene rings is 1. The lowest BCUT2D eigenvalue weighted by Crippen LogP contribution is -2.30. The fourth-order valence-corrected chi connectivity index (χ4v) is 3.62. The maximum Gasteiger partial charge on any atom is 0.130 e. The van der Waals surface area contributed by atoms with Crippen molar-refractivity contribution < 1.29 is 8.78 Å². The first-order chi connectivity index (χ1) is 9.51. The average Bonchev–Trinajstić information content (AvgIpc) is 2.78. The highest BCUT2D eigenvalue weighted by Crippen LogP contribution is 2.26. The minimum Gasteiger partial charge on any atom is -0.329 e. The summed E-state index contributed by atoms with van der Waals surface area (Å²) in [6.45, 7) is 0.931. The lowest BCUT2D eigenvalue weighted by atomic mass is 10.0. The van der Waals surface area contributed by atoms with Crippen LogP contribution < -0.4 is 5.73 Å². The minimum absolute atomic E-state index is 0.269. The Morgan fingerprint density at radius 3 is 2.65 bits per heavy atom. The number of hydrogen-bond donors (Lipinski definition) is 1. The molecule has 0 bridgehead atoms. The van der Waals surface area contributed by atoms with Gasteiger partial charge in [-0.25, -0.2) is 8.78 Å². The third-order valence-corrected chi connectivity index (χ3v) is 4.79. The van der Waals surface area contributed by atoms with E-state index < -0.39 is 11.6 Å². The number of benzene rings is 1. The van der Waals surface area contributed by atoms with E-state index in [1.165, 1.54) is 12.1 Å². The summed E-state index contributed by atoms with van der Waals surface area (Å²) in [5, 5.41) is 2.00. The van der Waals surface area contributed by atoms with Gasteiger partial charge >= 0.3 is 0 Å². The quantitative estimate of drug-likeness (QED) is 0.875. The fraction of sp³-hybridized carbons (Fsp3) is 0.286. The molecule has 0 saturated heterocycles. The molecule has 2 aromatic rings. The zero-order chi connectivity index (χ0) is 14.7. The van der Waals surface area contributed by atoms with Crippen molar-refractivity contribution in [3.8, 4) is 0 Å². The van der Waals surface area contributed by atoms with Crippen molar-refractivity contribution in [1.82, 2.24) is 4.90 Å². The minimum atomic E-state index is -0.577. The zero-order valence-corrected chi connectivity index (χ0v) is 13.3. The Hall–Kier alpha value is -0.820. The maximum atomic E-state index is 13.9. The highest BCUT2D eigenvalue weighted by atomic mass is 79.9. The van der Waals surface area contributed by atoms with Crippen molar-refractivity contribution in [3.05, 3.63) is 56.2 Å². The predicted molar refractivity (Wildman–Crippen MR) is 81.6 cm³/mol. The van der Waals surface area contributed by atoms with E-state index in [4.69, 9.17) is 5.73 Å². The van der Waals surface area contributed by atoms with E-state index in [-0.39, 0.29) is 12.6 Å². The molecule has 0 aliphatic carbocycles. The zero-order valence-electron chi connectivity index (χ0n) is 10.9. The van der Waals surface area contributed by atoms with E-state index in [1.54, 1.807) is 11.3 Å². The highest BCUT2D eigenvalue weighted by molar-refractivity contribution is 9.10. The predicted octanol–water partition coefficient (Wildman–Crippen LogP) is 3.92. The molecule has 20 heavy (non-hydrogen) atoms. The summed E-state index contributed by atoms with van der Waals surface area (Å²) in [5.41, 5.74) is 6.19. The molecule has 1 aromatic heterocycles. The van der Waals surface area contributed by atoms with E-state index >= 15 is 0 Å². The Labute approximate surface area is 129 Å². The summed E-state index contributed by atoms with van der Waals surface area (Å²) in [4.78, 5) is 3.12. The fourth-order valence-electron chi connectivity index (χ4n) is 2.11. The number of nitrogens with zero attached hydrogens (tertiary/aromatic N) is 1. The Morgan fingerprint density at radius 1 is 1.35 bits per heavy atom. The SMILES string of the molecule is CN(Cc1cc(Br)cs1)C(CN)c1ccc(F)cc1F. The van der Waals surface area contributed by atoms with Crippen molar-refractivity contribution in [1.29, 1.82) is 0 Å². The van der Waals surface area contributed by atoms with E-state index in [9.17, 15) is 8.78 Å². The molecule has 0 radical (unpaired) electrons. The topological polar surface area (TPSA) is 29.3 Å². The third kappa shape index (κ3) is 3.63. The molecule has 0 fully saturated rings. The molecule has 108 valence electrons. The van der Waals surface area contributed by atoms with Crippen LogP contribution in [0.5, 0.6) is 0 Å².